The van der Waals surface area contributed by atoms with Gasteiger partial charge in [-0.15, -0.1) is 0 Å². The van der Waals surface area contributed by atoms with E-state index < -0.39 is 6.10 Å². The van der Waals surface area contributed by atoms with Gasteiger partial charge in [-0.05, 0) is 12.0 Å². The fourth-order valence-electron chi connectivity index (χ4n) is 1.79. The first kappa shape index (κ1) is 13.5. The highest BCUT2D eigenvalue weighted by atomic mass is 19.1. The van der Waals surface area contributed by atoms with Gasteiger partial charge in [0.2, 0.25) is 6.10 Å². The molecule has 102 valence electrons. The van der Waals surface area contributed by atoms with Gasteiger partial charge >= 0.3 is 0 Å². The molecule has 1 aliphatic heterocycles. The molecular weight excluding hydrogens is 247 g/mol. The summed E-state index contributed by atoms with van der Waals surface area (Å²) in [5, 5.41) is 6.59. The van der Waals surface area contributed by atoms with Gasteiger partial charge in [-0.2, -0.15) is 0 Å². The summed E-state index contributed by atoms with van der Waals surface area (Å²) >= 11 is 0. The molecule has 1 amide bonds. The lowest BCUT2D eigenvalue weighted by molar-refractivity contribution is -0.131. The third kappa shape index (κ3) is 3.30. The lowest BCUT2D eigenvalue weighted by Gasteiger charge is -2.10. The van der Waals surface area contributed by atoms with Gasteiger partial charge in [0.15, 0.2) is 0 Å². The van der Waals surface area contributed by atoms with Gasteiger partial charge in [0.1, 0.15) is 5.82 Å². The van der Waals surface area contributed by atoms with E-state index in [1.807, 2.05) is 13.8 Å². The molecular formula is C14H17FN2O2. The van der Waals surface area contributed by atoms with Gasteiger partial charge in [0.25, 0.3) is 5.91 Å². The molecule has 4 nitrogen and oxygen atoms in total. The van der Waals surface area contributed by atoms with Crippen molar-refractivity contribution < 1.29 is 14.0 Å². The predicted octanol–water partition coefficient (Wildman–Crippen LogP) is 2.09. The minimum Gasteiger partial charge on any atom is -0.382 e. The van der Waals surface area contributed by atoms with Gasteiger partial charge in [0, 0.05) is 18.5 Å². The van der Waals surface area contributed by atoms with Gasteiger partial charge in [0.05, 0.1) is 5.71 Å². The monoisotopic (exact) mass is 264 g/mol. The summed E-state index contributed by atoms with van der Waals surface area (Å²) in [6.45, 7) is 4.61. The molecule has 0 aliphatic carbocycles. The number of halogens is 1. The molecule has 19 heavy (non-hydrogen) atoms. The summed E-state index contributed by atoms with van der Waals surface area (Å²) in [7, 11) is 0. The van der Waals surface area contributed by atoms with E-state index in [4.69, 9.17) is 4.84 Å². The number of nitrogens with zero attached hydrogens (tertiary/aromatic N) is 1. The van der Waals surface area contributed by atoms with Crippen LogP contribution in [0.3, 0.4) is 0 Å². The van der Waals surface area contributed by atoms with Crippen LogP contribution in [0.2, 0.25) is 0 Å². The molecule has 1 aromatic carbocycles. The molecule has 1 atom stereocenters. The van der Waals surface area contributed by atoms with Crippen LogP contribution in [-0.2, 0) is 9.63 Å². The van der Waals surface area contributed by atoms with E-state index in [0.717, 1.165) is 0 Å². The molecule has 1 aliphatic rings. The summed E-state index contributed by atoms with van der Waals surface area (Å²) in [6.07, 6.45) is -0.362. The molecule has 5 heteroatoms. The highest BCUT2D eigenvalue weighted by molar-refractivity contribution is 6.04. The number of rotatable bonds is 4. The van der Waals surface area contributed by atoms with Crippen molar-refractivity contribution in [1.82, 2.24) is 5.32 Å². The average Bonchev–Trinajstić information content (AvgIpc) is 2.86. The number of benzene rings is 1. The Bertz CT molecular complexity index is 500. The minimum atomic E-state index is -0.659. The van der Waals surface area contributed by atoms with Crippen LogP contribution in [0.5, 0.6) is 0 Å². The molecule has 0 aromatic heterocycles. The van der Waals surface area contributed by atoms with Crippen LogP contribution >= 0.6 is 0 Å². The SMILES string of the molecule is CC(C)CNC(=O)C1CC(c2ccccc2F)=NO1. The molecule has 1 heterocycles. The van der Waals surface area contributed by atoms with Gasteiger partial charge in [-0.25, -0.2) is 4.39 Å². The highest BCUT2D eigenvalue weighted by Gasteiger charge is 2.29. The van der Waals surface area contributed by atoms with Crippen LogP contribution in [-0.4, -0.2) is 24.3 Å². The summed E-state index contributed by atoms with van der Waals surface area (Å²) in [5.74, 6) is -0.186. The van der Waals surface area contributed by atoms with Crippen LogP contribution in [0.25, 0.3) is 0 Å². The summed E-state index contributed by atoms with van der Waals surface area (Å²) in [4.78, 5) is 16.9. The normalized spacial score (nSPS) is 18.1. The largest absolute Gasteiger partial charge is 0.382 e. The van der Waals surface area contributed by atoms with Crippen LogP contribution in [0, 0.1) is 11.7 Å². The molecule has 0 fully saturated rings. The number of amides is 1. The van der Waals surface area contributed by atoms with Crippen molar-refractivity contribution >= 4 is 11.6 Å². The number of hydrogen-bond donors (Lipinski definition) is 1. The zero-order valence-electron chi connectivity index (χ0n) is 11.0. The Hall–Kier alpha value is -1.91. The van der Waals surface area contributed by atoms with Crippen LogP contribution in [0.15, 0.2) is 29.4 Å². The van der Waals surface area contributed by atoms with Crippen molar-refractivity contribution in [2.45, 2.75) is 26.4 Å². The number of oxime groups is 1. The second kappa shape index (κ2) is 5.82. The van der Waals surface area contributed by atoms with Crippen molar-refractivity contribution in [3.63, 3.8) is 0 Å². The highest BCUT2D eigenvalue weighted by Crippen LogP contribution is 2.18. The Kier molecular flexibility index (Phi) is 4.14. The van der Waals surface area contributed by atoms with Crippen molar-refractivity contribution in [2.75, 3.05) is 6.54 Å². The second-order valence-corrected chi connectivity index (χ2v) is 4.96. The fraction of sp³-hybridized carbons (Fsp3) is 0.429. The average molecular weight is 264 g/mol. The number of carbonyl (C=O) groups excluding carboxylic acids is 1. The van der Waals surface area contributed by atoms with Gasteiger partial charge < -0.3 is 10.2 Å². The van der Waals surface area contributed by atoms with E-state index in [1.54, 1.807) is 18.2 Å². The lowest BCUT2D eigenvalue weighted by Crippen LogP contribution is -2.36. The summed E-state index contributed by atoms with van der Waals surface area (Å²) < 4.78 is 13.6. The standard InChI is InChI=1S/C14H17FN2O2/c1-9(2)8-16-14(18)13-7-12(17-19-13)10-5-3-4-6-11(10)15/h3-6,9,13H,7-8H2,1-2H3,(H,16,18). The minimum absolute atomic E-state index is 0.205. The van der Waals surface area contributed by atoms with E-state index in [1.165, 1.54) is 6.07 Å². The Morgan fingerprint density at radius 1 is 1.53 bits per heavy atom. The molecule has 0 saturated heterocycles. The fourth-order valence-corrected chi connectivity index (χ4v) is 1.79. The quantitative estimate of drug-likeness (QED) is 0.905. The third-order valence-electron chi connectivity index (χ3n) is 2.83. The van der Waals surface area contributed by atoms with Crippen molar-refractivity contribution in [3.05, 3.63) is 35.6 Å². The third-order valence-corrected chi connectivity index (χ3v) is 2.83. The maximum atomic E-state index is 13.6. The van der Waals surface area contributed by atoms with Gasteiger partial charge in [-0.3, -0.25) is 4.79 Å². The van der Waals surface area contributed by atoms with E-state index in [-0.39, 0.29) is 11.7 Å². The maximum Gasteiger partial charge on any atom is 0.264 e. The summed E-state index contributed by atoms with van der Waals surface area (Å²) in [6, 6.07) is 6.34. The zero-order chi connectivity index (χ0) is 13.8. The van der Waals surface area contributed by atoms with Crippen LogP contribution in [0.4, 0.5) is 4.39 Å². The molecule has 1 aromatic rings. The smallest absolute Gasteiger partial charge is 0.264 e. The van der Waals surface area contributed by atoms with Crippen molar-refractivity contribution in [1.29, 1.82) is 0 Å². The molecule has 0 radical (unpaired) electrons. The molecule has 2 rings (SSSR count). The first-order valence-corrected chi connectivity index (χ1v) is 6.33. The van der Waals surface area contributed by atoms with E-state index in [9.17, 15) is 9.18 Å². The topological polar surface area (TPSA) is 50.7 Å². The van der Waals surface area contributed by atoms with Crippen LogP contribution in [0.1, 0.15) is 25.8 Å². The number of carbonyl (C=O) groups is 1. The summed E-state index contributed by atoms with van der Waals surface area (Å²) in [5.41, 5.74) is 0.865. The predicted molar refractivity (Wildman–Crippen MR) is 70.3 cm³/mol. The lowest BCUT2D eigenvalue weighted by atomic mass is 10.0. The molecule has 0 spiro atoms. The molecule has 0 bridgehead atoms. The number of nitrogens with one attached hydrogen (secondary N) is 1. The number of hydrogen-bond acceptors (Lipinski definition) is 3. The molecule has 0 saturated carbocycles. The Morgan fingerprint density at radius 3 is 2.95 bits per heavy atom. The maximum absolute atomic E-state index is 13.6. The zero-order valence-corrected chi connectivity index (χ0v) is 11.0. The van der Waals surface area contributed by atoms with E-state index >= 15 is 0 Å². The molecule has 1 N–H and O–H groups in total. The Labute approximate surface area is 111 Å². The first-order chi connectivity index (χ1) is 9.08. The van der Waals surface area contributed by atoms with Gasteiger partial charge in [-0.1, -0.05) is 37.2 Å². The van der Waals surface area contributed by atoms with E-state index in [2.05, 4.69) is 10.5 Å². The van der Waals surface area contributed by atoms with E-state index in [0.29, 0.717) is 30.2 Å². The Morgan fingerprint density at radius 2 is 2.26 bits per heavy atom. The Balaban J connectivity index is 1.96. The molecule has 1 unspecified atom stereocenters. The second-order valence-electron chi connectivity index (χ2n) is 4.96. The van der Waals surface area contributed by atoms with Crippen LogP contribution < -0.4 is 5.32 Å². The first-order valence-electron chi connectivity index (χ1n) is 6.33. The van der Waals surface area contributed by atoms with Crippen molar-refractivity contribution in [2.24, 2.45) is 11.1 Å². The van der Waals surface area contributed by atoms with Crippen molar-refractivity contribution in [3.8, 4) is 0 Å².